The third-order valence-electron chi connectivity index (χ3n) is 3.93. The number of hydrogen-bond donors (Lipinski definition) is 1. The molecule has 1 aromatic rings. The first-order valence-corrected chi connectivity index (χ1v) is 7.50. The minimum atomic E-state index is -0.698. The molecule has 0 aromatic heterocycles. The van der Waals surface area contributed by atoms with Gasteiger partial charge in [-0.3, -0.25) is 5.32 Å². The van der Waals surface area contributed by atoms with Crippen LogP contribution in [0.1, 0.15) is 30.5 Å². The highest BCUT2D eigenvalue weighted by molar-refractivity contribution is 5.74. The van der Waals surface area contributed by atoms with Crippen molar-refractivity contribution in [1.82, 2.24) is 5.32 Å². The second-order valence-corrected chi connectivity index (χ2v) is 5.26. The van der Waals surface area contributed by atoms with Crippen molar-refractivity contribution >= 4 is 12.8 Å². The maximum atomic E-state index is 11.8. The van der Waals surface area contributed by atoms with Crippen LogP contribution in [0, 0.1) is 6.92 Å². The Kier molecular flexibility index (Phi) is 4.50. The summed E-state index contributed by atoms with van der Waals surface area (Å²) in [4.78, 5) is 15.7. The van der Waals surface area contributed by atoms with Crippen molar-refractivity contribution in [1.29, 1.82) is 0 Å². The van der Waals surface area contributed by atoms with Crippen molar-refractivity contribution in [3.05, 3.63) is 58.9 Å². The zero-order valence-electron chi connectivity index (χ0n) is 13.4. The number of rotatable bonds is 2. The Labute approximate surface area is 131 Å². The minimum Gasteiger partial charge on any atom is -0.437 e. The Hall–Kier alpha value is -2.36. The quantitative estimate of drug-likeness (QED) is 0.846. The zero-order chi connectivity index (χ0) is 16.3. The summed E-state index contributed by atoms with van der Waals surface area (Å²) in [5.74, 6) is 0.445. The number of amides is 1. The summed E-state index contributed by atoms with van der Waals surface area (Å²) in [6.45, 7) is 13.4. The van der Waals surface area contributed by atoms with Crippen molar-refractivity contribution in [3.8, 4) is 0 Å². The molecule has 0 saturated heterocycles. The number of carbonyl (C=O) groups is 1. The number of fused-ring (bicyclic) bond motifs is 1. The van der Waals surface area contributed by atoms with Gasteiger partial charge in [0.2, 0.25) is 0 Å². The summed E-state index contributed by atoms with van der Waals surface area (Å²) in [5.41, 5.74) is 3.71. The fourth-order valence-corrected chi connectivity index (χ4v) is 3.08. The van der Waals surface area contributed by atoms with Gasteiger partial charge in [-0.25, -0.2) is 9.79 Å². The highest BCUT2D eigenvalue weighted by Crippen LogP contribution is 2.41. The lowest BCUT2D eigenvalue weighted by Crippen LogP contribution is -2.47. The van der Waals surface area contributed by atoms with E-state index in [9.17, 15) is 4.79 Å². The minimum absolute atomic E-state index is 0.445. The molecule has 116 valence electrons. The molecule has 2 aliphatic rings. The molecule has 0 fully saturated rings. The molecule has 1 heterocycles. The van der Waals surface area contributed by atoms with Crippen LogP contribution in [0.5, 0.6) is 0 Å². The van der Waals surface area contributed by atoms with Crippen LogP contribution in [-0.2, 0) is 17.6 Å². The lowest BCUT2D eigenvalue weighted by molar-refractivity contribution is 0.0405. The fraction of sp³-hybridized carbons (Fsp3) is 0.333. The number of nitrogens with one attached hydrogen (secondary N) is 1. The van der Waals surface area contributed by atoms with E-state index in [0.717, 1.165) is 5.57 Å². The second-order valence-electron chi connectivity index (χ2n) is 5.26. The third-order valence-corrected chi connectivity index (χ3v) is 3.93. The van der Waals surface area contributed by atoms with Gasteiger partial charge in [-0.1, -0.05) is 50.3 Å². The molecule has 1 unspecified atom stereocenters. The lowest BCUT2D eigenvalue weighted by atomic mass is 9.89. The maximum Gasteiger partial charge on any atom is 0.413 e. The second kappa shape index (κ2) is 6.18. The summed E-state index contributed by atoms with van der Waals surface area (Å²) in [6.07, 6.45) is 2.51. The fourth-order valence-electron chi connectivity index (χ4n) is 3.08. The van der Waals surface area contributed by atoms with E-state index in [0.29, 0.717) is 18.7 Å². The molecule has 4 nitrogen and oxygen atoms in total. The molecular formula is C18H22N2O2. The molecule has 0 saturated carbocycles. The number of nitrogens with zero attached hydrogens (tertiary/aromatic N) is 1. The molecule has 1 aliphatic carbocycles. The average Bonchev–Trinajstić information content (AvgIpc) is 2.85. The van der Waals surface area contributed by atoms with E-state index in [1.807, 2.05) is 13.8 Å². The van der Waals surface area contributed by atoms with E-state index in [2.05, 4.69) is 48.7 Å². The predicted molar refractivity (Wildman–Crippen MR) is 89.1 cm³/mol. The van der Waals surface area contributed by atoms with Gasteiger partial charge in [0.25, 0.3) is 0 Å². The van der Waals surface area contributed by atoms with Crippen molar-refractivity contribution in [2.45, 2.75) is 39.2 Å². The first kappa shape index (κ1) is 16.0. The Balaban J connectivity index is 0.000000847. The zero-order valence-corrected chi connectivity index (χ0v) is 13.4. The Bertz CT molecular complexity index is 661. The smallest absolute Gasteiger partial charge is 0.413 e. The average molecular weight is 298 g/mol. The van der Waals surface area contributed by atoms with Crippen LogP contribution in [0.3, 0.4) is 0 Å². The van der Waals surface area contributed by atoms with Gasteiger partial charge >= 0.3 is 6.09 Å². The van der Waals surface area contributed by atoms with Gasteiger partial charge in [-0.2, -0.15) is 0 Å². The van der Waals surface area contributed by atoms with Gasteiger partial charge in [0.1, 0.15) is 5.82 Å². The Morgan fingerprint density at radius 2 is 2.00 bits per heavy atom. The summed E-state index contributed by atoms with van der Waals surface area (Å²) in [7, 11) is 0. The van der Waals surface area contributed by atoms with E-state index in [4.69, 9.17) is 4.74 Å². The number of benzene rings is 1. The molecule has 1 spiro atoms. The van der Waals surface area contributed by atoms with E-state index in [-0.39, 0.29) is 0 Å². The maximum absolute atomic E-state index is 11.8. The largest absolute Gasteiger partial charge is 0.437 e. The summed E-state index contributed by atoms with van der Waals surface area (Å²) < 4.78 is 5.63. The van der Waals surface area contributed by atoms with Crippen molar-refractivity contribution < 1.29 is 9.53 Å². The van der Waals surface area contributed by atoms with Crippen LogP contribution in [0.25, 0.3) is 0 Å². The topological polar surface area (TPSA) is 50.7 Å². The molecule has 1 aromatic carbocycles. The van der Waals surface area contributed by atoms with Crippen LogP contribution in [0.4, 0.5) is 4.79 Å². The van der Waals surface area contributed by atoms with Gasteiger partial charge in [0.15, 0.2) is 5.60 Å². The van der Waals surface area contributed by atoms with E-state index in [1.54, 1.807) is 6.08 Å². The molecule has 22 heavy (non-hydrogen) atoms. The van der Waals surface area contributed by atoms with E-state index >= 15 is 0 Å². The van der Waals surface area contributed by atoms with E-state index < -0.39 is 11.7 Å². The standard InChI is InChI=1S/C16H16N2O2.C2H6/c1-4-13-14(17-3)18-15(19)20-16(13)8-11-6-5-10(2)7-12(11)9-16;1-2/h4-7H,1,3,8-9H2,2H3,(H,18,19);1-2H3. The summed E-state index contributed by atoms with van der Waals surface area (Å²) >= 11 is 0. The van der Waals surface area contributed by atoms with Gasteiger partial charge in [0, 0.05) is 18.4 Å². The monoisotopic (exact) mass is 298 g/mol. The van der Waals surface area contributed by atoms with Crippen LogP contribution in [0.15, 0.2) is 47.2 Å². The molecule has 0 bridgehead atoms. The third kappa shape index (κ3) is 2.56. The van der Waals surface area contributed by atoms with Crippen molar-refractivity contribution in [3.63, 3.8) is 0 Å². The number of carbonyl (C=O) groups excluding carboxylic acids is 1. The molecule has 0 radical (unpaired) electrons. The predicted octanol–water partition coefficient (Wildman–Crippen LogP) is 3.70. The Morgan fingerprint density at radius 3 is 2.64 bits per heavy atom. The SMILES string of the molecule is C=CC1=C(N=C)NC(=O)OC12Cc1ccc(C)cc1C2.CC. The molecule has 1 aliphatic heterocycles. The molecule has 4 heteroatoms. The van der Waals surface area contributed by atoms with Crippen LogP contribution in [-0.4, -0.2) is 18.4 Å². The van der Waals surface area contributed by atoms with Crippen molar-refractivity contribution in [2.24, 2.45) is 4.99 Å². The molecule has 1 atom stereocenters. The van der Waals surface area contributed by atoms with Crippen molar-refractivity contribution in [2.75, 3.05) is 0 Å². The number of aliphatic imine (C=N–C) groups is 1. The molecule has 1 amide bonds. The summed E-state index contributed by atoms with van der Waals surface area (Å²) in [5, 5.41) is 2.57. The first-order valence-electron chi connectivity index (χ1n) is 7.50. The molecular weight excluding hydrogens is 276 g/mol. The number of aryl methyl sites for hydroxylation is 1. The van der Waals surface area contributed by atoms with E-state index in [1.165, 1.54) is 16.7 Å². The van der Waals surface area contributed by atoms with Crippen LogP contribution >= 0.6 is 0 Å². The number of ether oxygens (including phenoxy) is 1. The van der Waals surface area contributed by atoms with Crippen LogP contribution in [0.2, 0.25) is 0 Å². The Morgan fingerprint density at radius 1 is 1.32 bits per heavy atom. The van der Waals surface area contributed by atoms with Gasteiger partial charge in [-0.15, -0.1) is 0 Å². The number of hydrogen-bond acceptors (Lipinski definition) is 3. The summed E-state index contributed by atoms with van der Waals surface area (Å²) in [6, 6.07) is 6.31. The lowest BCUT2D eigenvalue weighted by Gasteiger charge is -2.35. The van der Waals surface area contributed by atoms with Crippen LogP contribution < -0.4 is 5.32 Å². The molecule has 3 rings (SSSR count). The normalized spacial score (nSPS) is 22.2. The highest BCUT2D eigenvalue weighted by Gasteiger charge is 2.47. The van der Waals surface area contributed by atoms with Gasteiger partial charge in [0.05, 0.1) is 0 Å². The molecule has 1 N–H and O–H groups in total. The highest BCUT2D eigenvalue weighted by atomic mass is 16.6. The first-order chi connectivity index (χ1) is 10.6. The van der Waals surface area contributed by atoms with Gasteiger partial charge in [-0.05, 0) is 24.8 Å². The van der Waals surface area contributed by atoms with Gasteiger partial charge < -0.3 is 4.74 Å². The number of alkyl carbamates (subject to hydrolysis) is 1.